The second kappa shape index (κ2) is 6.09. The first-order chi connectivity index (χ1) is 8.47. The molecule has 0 saturated carbocycles. The van der Waals surface area contributed by atoms with Crippen molar-refractivity contribution in [2.45, 2.75) is 26.3 Å². The van der Waals surface area contributed by atoms with Gasteiger partial charge in [0.25, 0.3) is 5.91 Å². The van der Waals surface area contributed by atoms with Crippen LogP contribution in [-0.4, -0.2) is 28.0 Å². The summed E-state index contributed by atoms with van der Waals surface area (Å²) in [7, 11) is 0. The Labute approximate surface area is 104 Å². The van der Waals surface area contributed by atoms with Gasteiger partial charge in [-0.1, -0.05) is 20.3 Å². The lowest BCUT2D eigenvalue weighted by Crippen LogP contribution is -2.45. The summed E-state index contributed by atoms with van der Waals surface area (Å²) < 4.78 is 13.3. The van der Waals surface area contributed by atoms with E-state index in [-0.39, 0.29) is 11.5 Å². The summed E-state index contributed by atoms with van der Waals surface area (Å²) in [6, 6.07) is 0.176. The van der Waals surface area contributed by atoms with Crippen LogP contribution < -0.4 is 5.32 Å². The van der Waals surface area contributed by atoms with Crippen LogP contribution in [0, 0.1) is 11.7 Å². The minimum Gasteiger partial charge on any atom is -0.480 e. The molecule has 1 aromatic rings. The topological polar surface area (TPSA) is 79.3 Å². The fourth-order valence-corrected chi connectivity index (χ4v) is 1.46. The molecule has 0 aliphatic rings. The normalized spacial score (nSPS) is 13.7. The number of carboxylic acids is 1. The zero-order valence-electron chi connectivity index (χ0n) is 10.2. The lowest BCUT2D eigenvalue weighted by Gasteiger charge is -2.20. The smallest absolute Gasteiger partial charge is 0.326 e. The van der Waals surface area contributed by atoms with Crippen molar-refractivity contribution in [3.8, 4) is 0 Å². The monoisotopic (exact) mass is 254 g/mol. The highest BCUT2D eigenvalue weighted by Gasteiger charge is 2.26. The zero-order chi connectivity index (χ0) is 13.7. The average Bonchev–Trinajstić information content (AvgIpc) is 2.35. The Balaban J connectivity index is 2.86. The van der Waals surface area contributed by atoms with Gasteiger partial charge in [-0.3, -0.25) is 9.78 Å². The highest BCUT2D eigenvalue weighted by Crippen LogP contribution is 2.10. The molecule has 0 radical (unpaired) electrons. The van der Waals surface area contributed by atoms with Gasteiger partial charge in [0.15, 0.2) is 5.82 Å². The van der Waals surface area contributed by atoms with E-state index >= 15 is 0 Å². The molecule has 1 amide bonds. The van der Waals surface area contributed by atoms with Gasteiger partial charge in [-0.2, -0.15) is 0 Å². The molecule has 0 aliphatic carbocycles. The van der Waals surface area contributed by atoms with E-state index in [1.807, 2.05) is 6.92 Å². The molecule has 1 aromatic heterocycles. The third-order valence-electron chi connectivity index (χ3n) is 2.78. The first-order valence-corrected chi connectivity index (χ1v) is 5.60. The maximum atomic E-state index is 13.3. The molecule has 0 fully saturated rings. The number of rotatable bonds is 5. The molecule has 0 aliphatic heterocycles. The number of carbonyl (C=O) groups excluding carboxylic acids is 1. The second-order valence-electron chi connectivity index (χ2n) is 4.03. The predicted molar refractivity (Wildman–Crippen MR) is 62.5 cm³/mol. The fraction of sp³-hybridized carbons (Fsp3) is 0.417. The molecular formula is C12H15FN2O3. The van der Waals surface area contributed by atoms with Crippen molar-refractivity contribution < 1.29 is 19.1 Å². The van der Waals surface area contributed by atoms with E-state index in [4.69, 9.17) is 5.11 Å². The van der Waals surface area contributed by atoms with Crippen LogP contribution in [0.25, 0.3) is 0 Å². The molecule has 0 aromatic carbocycles. The molecular weight excluding hydrogens is 239 g/mol. The first kappa shape index (κ1) is 14.1. The van der Waals surface area contributed by atoms with Gasteiger partial charge >= 0.3 is 5.97 Å². The Morgan fingerprint density at radius 2 is 2.22 bits per heavy atom. The van der Waals surface area contributed by atoms with E-state index in [9.17, 15) is 14.0 Å². The molecule has 0 spiro atoms. The van der Waals surface area contributed by atoms with Crippen LogP contribution in [0.5, 0.6) is 0 Å². The number of carboxylic acid groups (broad SMARTS) is 1. The molecule has 0 bridgehead atoms. The summed E-state index contributed by atoms with van der Waals surface area (Å²) >= 11 is 0. The molecule has 6 heteroatoms. The van der Waals surface area contributed by atoms with E-state index in [1.165, 1.54) is 12.3 Å². The SMILES string of the molecule is CCC(C)[C@H](NC(=O)c1ccncc1F)C(=O)O. The van der Waals surface area contributed by atoms with E-state index in [0.717, 1.165) is 6.20 Å². The number of nitrogens with zero attached hydrogens (tertiary/aromatic N) is 1. The van der Waals surface area contributed by atoms with Crippen molar-refractivity contribution in [2.24, 2.45) is 5.92 Å². The number of amides is 1. The van der Waals surface area contributed by atoms with Gasteiger partial charge in [0.1, 0.15) is 6.04 Å². The van der Waals surface area contributed by atoms with Gasteiger partial charge in [-0.15, -0.1) is 0 Å². The Bertz CT molecular complexity index is 451. The summed E-state index contributed by atoms with van der Waals surface area (Å²) in [6.45, 7) is 3.53. The first-order valence-electron chi connectivity index (χ1n) is 5.60. The van der Waals surface area contributed by atoms with Crippen LogP contribution in [0.15, 0.2) is 18.5 Å². The molecule has 98 valence electrons. The lowest BCUT2D eigenvalue weighted by atomic mass is 9.99. The van der Waals surface area contributed by atoms with Gasteiger partial charge in [0, 0.05) is 6.20 Å². The molecule has 18 heavy (non-hydrogen) atoms. The van der Waals surface area contributed by atoms with Gasteiger partial charge < -0.3 is 10.4 Å². The van der Waals surface area contributed by atoms with Crippen LogP contribution >= 0.6 is 0 Å². The van der Waals surface area contributed by atoms with Crippen molar-refractivity contribution in [1.82, 2.24) is 10.3 Å². The van der Waals surface area contributed by atoms with Crippen molar-refractivity contribution in [3.63, 3.8) is 0 Å². The number of hydrogen-bond donors (Lipinski definition) is 2. The second-order valence-corrected chi connectivity index (χ2v) is 4.03. The number of aromatic nitrogens is 1. The summed E-state index contributed by atoms with van der Waals surface area (Å²) in [6.07, 6.45) is 2.78. The van der Waals surface area contributed by atoms with Crippen molar-refractivity contribution in [3.05, 3.63) is 29.8 Å². The Kier molecular flexibility index (Phi) is 4.76. The molecule has 2 N–H and O–H groups in total. The molecule has 2 atom stereocenters. The maximum absolute atomic E-state index is 13.3. The Morgan fingerprint density at radius 3 is 2.72 bits per heavy atom. The van der Waals surface area contributed by atoms with Gasteiger partial charge in [-0.25, -0.2) is 9.18 Å². The lowest BCUT2D eigenvalue weighted by molar-refractivity contribution is -0.140. The minimum absolute atomic E-state index is 0.209. The van der Waals surface area contributed by atoms with Gasteiger partial charge in [0.2, 0.25) is 0 Å². The quantitative estimate of drug-likeness (QED) is 0.833. The third kappa shape index (κ3) is 3.26. The van der Waals surface area contributed by atoms with Crippen molar-refractivity contribution in [2.75, 3.05) is 0 Å². The Hall–Kier alpha value is -1.98. The van der Waals surface area contributed by atoms with Crippen molar-refractivity contribution in [1.29, 1.82) is 0 Å². The number of aliphatic carboxylic acids is 1. The molecule has 5 nitrogen and oxygen atoms in total. The van der Waals surface area contributed by atoms with E-state index in [0.29, 0.717) is 6.42 Å². The standard InChI is InChI=1S/C12H15FN2O3/c1-3-7(2)10(12(17)18)15-11(16)8-4-5-14-6-9(8)13/h4-7,10H,3H2,1-2H3,(H,15,16)(H,17,18)/t7?,10-/m0/s1. The van der Waals surface area contributed by atoms with E-state index in [2.05, 4.69) is 10.3 Å². The highest BCUT2D eigenvalue weighted by atomic mass is 19.1. The Morgan fingerprint density at radius 1 is 1.56 bits per heavy atom. The zero-order valence-corrected chi connectivity index (χ0v) is 10.2. The summed E-state index contributed by atoms with van der Waals surface area (Å²) in [4.78, 5) is 26.3. The number of nitrogens with one attached hydrogen (secondary N) is 1. The minimum atomic E-state index is -1.13. The summed E-state index contributed by atoms with van der Waals surface area (Å²) in [5.74, 6) is -2.89. The van der Waals surface area contributed by atoms with Crippen LogP contribution in [0.4, 0.5) is 4.39 Å². The highest BCUT2D eigenvalue weighted by molar-refractivity contribution is 5.96. The number of carbonyl (C=O) groups is 2. The molecule has 1 unspecified atom stereocenters. The van der Waals surface area contributed by atoms with Crippen LogP contribution in [0.2, 0.25) is 0 Å². The van der Waals surface area contributed by atoms with Crippen molar-refractivity contribution >= 4 is 11.9 Å². The van der Waals surface area contributed by atoms with Crippen LogP contribution in [-0.2, 0) is 4.79 Å². The molecule has 1 rings (SSSR count). The van der Waals surface area contributed by atoms with Gasteiger partial charge in [-0.05, 0) is 12.0 Å². The van der Waals surface area contributed by atoms with Crippen LogP contribution in [0.3, 0.4) is 0 Å². The maximum Gasteiger partial charge on any atom is 0.326 e. The average molecular weight is 254 g/mol. The summed E-state index contributed by atoms with van der Waals surface area (Å²) in [5, 5.41) is 11.3. The van der Waals surface area contributed by atoms with Gasteiger partial charge in [0.05, 0.1) is 11.8 Å². The summed E-state index contributed by atoms with van der Waals surface area (Å²) in [5.41, 5.74) is -0.209. The van der Waals surface area contributed by atoms with E-state index in [1.54, 1.807) is 6.92 Å². The number of halogens is 1. The number of hydrogen-bond acceptors (Lipinski definition) is 3. The fourth-order valence-electron chi connectivity index (χ4n) is 1.46. The number of pyridine rings is 1. The largest absolute Gasteiger partial charge is 0.480 e. The molecule has 1 heterocycles. The molecule has 0 saturated heterocycles. The predicted octanol–water partition coefficient (Wildman–Crippen LogP) is 1.45. The third-order valence-corrected chi connectivity index (χ3v) is 2.78. The van der Waals surface area contributed by atoms with Crippen LogP contribution in [0.1, 0.15) is 30.6 Å². The van der Waals surface area contributed by atoms with E-state index < -0.39 is 23.7 Å².